The normalized spacial score (nSPS) is 12.4. The zero-order chi connectivity index (χ0) is 14.7. The zero-order valence-electron chi connectivity index (χ0n) is 11.0. The molecule has 1 unspecified atom stereocenters. The van der Waals surface area contributed by atoms with Crippen LogP contribution in [-0.4, -0.2) is 0 Å². The maximum Gasteiger partial charge on any atom is 0.142 e. The van der Waals surface area contributed by atoms with Crippen LogP contribution in [0.25, 0.3) is 0 Å². The molecule has 0 radical (unpaired) electrons. The summed E-state index contributed by atoms with van der Waals surface area (Å²) < 4.78 is 27.3. The van der Waals surface area contributed by atoms with Crippen molar-refractivity contribution >= 4 is 23.2 Å². The molecular formula is C16H14Cl2F2. The third-order valence-corrected chi connectivity index (χ3v) is 3.90. The van der Waals surface area contributed by atoms with Crippen LogP contribution < -0.4 is 0 Å². The van der Waals surface area contributed by atoms with Crippen molar-refractivity contribution in [2.45, 2.75) is 25.1 Å². The topological polar surface area (TPSA) is 0 Å². The lowest BCUT2D eigenvalue weighted by Gasteiger charge is -2.13. The van der Waals surface area contributed by atoms with Crippen molar-refractivity contribution in [1.82, 2.24) is 0 Å². The smallest absolute Gasteiger partial charge is 0.142 e. The van der Waals surface area contributed by atoms with E-state index in [1.165, 1.54) is 5.56 Å². The number of alkyl halides is 1. The maximum atomic E-state index is 13.8. The molecule has 4 heteroatoms. The minimum absolute atomic E-state index is 0.0943. The molecule has 2 aromatic carbocycles. The van der Waals surface area contributed by atoms with Gasteiger partial charge in [0.05, 0.1) is 10.4 Å². The summed E-state index contributed by atoms with van der Waals surface area (Å²) in [4.78, 5) is 0. The Kier molecular flexibility index (Phi) is 5.00. The fourth-order valence-corrected chi connectivity index (χ4v) is 2.52. The Morgan fingerprint density at radius 1 is 1.05 bits per heavy atom. The van der Waals surface area contributed by atoms with Gasteiger partial charge in [-0.3, -0.25) is 0 Å². The minimum Gasteiger partial charge on any atom is -0.207 e. The van der Waals surface area contributed by atoms with Crippen molar-refractivity contribution in [3.63, 3.8) is 0 Å². The van der Waals surface area contributed by atoms with Crippen molar-refractivity contribution in [3.05, 3.63) is 69.7 Å². The van der Waals surface area contributed by atoms with Crippen molar-refractivity contribution in [2.75, 3.05) is 0 Å². The van der Waals surface area contributed by atoms with E-state index >= 15 is 0 Å². The van der Waals surface area contributed by atoms with Crippen LogP contribution in [0.3, 0.4) is 0 Å². The monoisotopic (exact) mass is 314 g/mol. The second-order valence-corrected chi connectivity index (χ2v) is 5.49. The molecule has 2 rings (SSSR count). The van der Waals surface area contributed by atoms with Gasteiger partial charge in [-0.2, -0.15) is 0 Å². The fourth-order valence-electron chi connectivity index (χ4n) is 2.05. The number of benzene rings is 2. The summed E-state index contributed by atoms with van der Waals surface area (Å²) in [5, 5.41) is -0.981. The quantitative estimate of drug-likeness (QED) is 0.487. The molecule has 106 valence electrons. The number of hydrogen-bond donors (Lipinski definition) is 0. The van der Waals surface area contributed by atoms with Gasteiger partial charge < -0.3 is 0 Å². The van der Waals surface area contributed by atoms with Crippen LogP contribution in [0.1, 0.15) is 35.4 Å². The molecule has 0 amide bonds. The standard InChI is InChI=1S/C16H14Cl2F2/c1-2-3-10-4-6-11(7-5-10)16(18)12-8-15(20)13(17)9-14(12)19/h4-9,16H,2-3H2,1H3. The molecule has 0 N–H and O–H groups in total. The van der Waals surface area contributed by atoms with Crippen LogP contribution in [0.5, 0.6) is 0 Å². The molecule has 20 heavy (non-hydrogen) atoms. The van der Waals surface area contributed by atoms with E-state index in [1.807, 2.05) is 24.3 Å². The van der Waals surface area contributed by atoms with Gasteiger partial charge in [-0.15, -0.1) is 11.6 Å². The average Bonchev–Trinajstić information content (AvgIpc) is 2.43. The van der Waals surface area contributed by atoms with Crippen molar-refractivity contribution in [3.8, 4) is 0 Å². The highest BCUT2D eigenvalue weighted by Gasteiger charge is 2.18. The van der Waals surface area contributed by atoms with E-state index in [9.17, 15) is 8.78 Å². The first-order valence-corrected chi connectivity index (χ1v) is 7.21. The summed E-state index contributed by atoms with van der Waals surface area (Å²) >= 11 is 11.8. The Balaban J connectivity index is 2.31. The van der Waals surface area contributed by atoms with Crippen LogP contribution in [0, 0.1) is 11.6 Å². The van der Waals surface area contributed by atoms with E-state index in [1.54, 1.807) is 0 Å². The van der Waals surface area contributed by atoms with Gasteiger partial charge in [0.25, 0.3) is 0 Å². The first-order valence-electron chi connectivity index (χ1n) is 6.40. The second-order valence-electron chi connectivity index (χ2n) is 4.64. The van der Waals surface area contributed by atoms with Gasteiger partial charge in [0.1, 0.15) is 11.6 Å². The molecule has 2 aromatic rings. The molecule has 0 spiro atoms. The van der Waals surface area contributed by atoms with Crippen LogP contribution >= 0.6 is 23.2 Å². The molecular weight excluding hydrogens is 301 g/mol. The first kappa shape index (κ1) is 15.3. The lowest BCUT2D eigenvalue weighted by Crippen LogP contribution is -1.99. The molecule has 0 saturated heterocycles. The fraction of sp³-hybridized carbons (Fsp3) is 0.250. The average molecular weight is 315 g/mol. The summed E-state index contributed by atoms with van der Waals surface area (Å²) in [7, 11) is 0. The van der Waals surface area contributed by atoms with Gasteiger partial charge in [0.2, 0.25) is 0 Å². The number of hydrogen-bond acceptors (Lipinski definition) is 0. The van der Waals surface area contributed by atoms with E-state index in [4.69, 9.17) is 23.2 Å². The molecule has 1 atom stereocenters. The van der Waals surface area contributed by atoms with Crippen LogP contribution in [0.15, 0.2) is 36.4 Å². The number of halogens is 4. The predicted octanol–water partition coefficient (Wildman–Crippen LogP) is 5.90. The lowest BCUT2D eigenvalue weighted by atomic mass is 10.0. The minimum atomic E-state index is -0.738. The summed E-state index contributed by atoms with van der Waals surface area (Å²) in [5.74, 6) is -1.27. The summed E-state index contributed by atoms with van der Waals surface area (Å²) in [5.41, 5.74) is 2.02. The Hall–Kier alpha value is -1.12. The Morgan fingerprint density at radius 2 is 1.70 bits per heavy atom. The molecule has 0 fully saturated rings. The molecule has 0 bridgehead atoms. The van der Waals surface area contributed by atoms with Crippen LogP contribution in [0.2, 0.25) is 5.02 Å². The van der Waals surface area contributed by atoms with E-state index in [0.717, 1.165) is 30.5 Å². The van der Waals surface area contributed by atoms with Gasteiger partial charge in [0.15, 0.2) is 0 Å². The van der Waals surface area contributed by atoms with E-state index in [-0.39, 0.29) is 10.6 Å². The Morgan fingerprint density at radius 3 is 2.30 bits per heavy atom. The van der Waals surface area contributed by atoms with Crippen molar-refractivity contribution in [2.24, 2.45) is 0 Å². The summed E-state index contributed by atoms with van der Waals surface area (Å²) in [6, 6.07) is 9.60. The number of rotatable bonds is 4. The molecule has 0 aliphatic carbocycles. The number of aryl methyl sites for hydroxylation is 1. The zero-order valence-corrected chi connectivity index (χ0v) is 12.5. The Bertz CT molecular complexity index is 594. The first-order chi connectivity index (χ1) is 9.52. The van der Waals surface area contributed by atoms with E-state index < -0.39 is 17.0 Å². The third-order valence-electron chi connectivity index (χ3n) is 3.12. The molecule has 0 heterocycles. The molecule has 0 aromatic heterocycles. The predicted molar refractivity (Wildman–Crippen MR) is 79.5 cm³/mol. The summed E-state index contributed by atoms with van der Waals surface area (Å²) in [6.45, 7) is 2.10. The van der Waals surface area contributed by atoms with Crippen LogP contribution in [0.4, 0.5) is 8.78 Å². The highest BCUT2D eigenvalue weighted by atomic mass is 35.5. The molecule has 0 aliphatic heterocycles. The molecule has 0 saturated carbocycles. The van der Waals surface area contributed by atoms with Gasteiger partial charge in [-0.1, -0.05) is 49.2 Å². The second kappa shape index (κ2) is 6.55. The third kappa shape index (κ3) is 3.31. The van der Waals surface area contributed by atoms with Crippen LogP contribution in [-0.2, 0) is 6.42 Å². The van der Waals surface area contributed by atoms with Gasteiger partial charge in [-0.25, -0.2) is 8.78 Å². The SMILES string of the molecule is CCCc1ccc(C(Cl)c2cc(F)c(Cl)cc2F)cc1. The summed E-state index contributed by atoms with van der Waals surface area (Å²) in [6.07, 6.45) is 2.04. The molecule has 0 nitrogen and oxygen atoms in total. The highest BCUT2D eigenvalue weighted by molar-refractivity contribution is 6.30. The van der Waals surface area contributed by atoms with Crippen molar-refractivity contribution in [1.29, 1.82) is 0 Å². The highest BCUT2D eigenvalue weighted by Crippen LogP contribution is 2.33. The lowest BCUT2D eigenvalue weighted by molar-refractivity contribution is 0.587. The molecule has 0 aliphatic rings. The maximum absolute atomic E-state index is 13.8. The Labute approximate surface area is 127 Å². The van der Waals surface area contributed by atoms with E-state index in [2.05, 4.69) is 6.92 Å². The van der Waals surface area contributed by atoms with Gasteiger partial charge in [-0.05, 0) is 29.7 Å². The van der Waals surface area contributed by atoms with E-state index in [0.29, 0.717) is 0 Å². The van der Waals surface area contributed by atoms with Crippen molar-refractivity contribution < 1.29 is 8.78 Å². The van der Waals surface area contributed by atoms with Gasteiger partial charge >= 0.3 is 0 Å². The van der Waals surface area contributed by atoms with Gasteiger partial charge in [0, 0.05) is 5.56 Å². The largest absolute Gasteiger partial charge is 0.207 e.